The maximum atomic E-state index is 12.0. The van der Waals surface area contributed by atoms with Crippen LogP contribution in [-0.4, -0.2) is 6.29 Å². The van der Waals surface area contributed by atoms with E-state index in [0.29, 0.717) is 10.8 Å². The molecule has 1 spiro atoms. The van der Waals surface area contributed by atoms with E-state index in [2.05, 4.69) is 27.4 Å². The number of fused-ring (bicyclic) bond motifs is 1. The number of hydrogen-bond acceptors (Lipinski definition) is 1. The van der Waals surface area contributed by atoms with Crippen molar-refractivity contribution in [3.8, 4) is 0 Å². The van der Waals surface area contributed by atoms with Gasteiger partial charge in [0.2, 0.25) is 0 Å². The normalized spacial score (nSPS) is 50.8. The van der Waals surface area contributed by atoms with Crippen molar-refractivity contribution in [2.75, 3.05) is 0 Å². The lowest BCUT2D eigenvalue weighted by atomic mass is 9.57. The summed E-state index contributed by atoms with van der Waals surface area (Å²) in [7, 11) is 0. The molecule has 0 N–H and O–H groups in total. The highest BCUT2D eigenvalue weighted by atomic mass is 16.1. The van der Waals surface area contributed by atoms with Gasteiger partial charge in [-0.3, -0.25) is 0 Å². The standard InChI is InChI=1S/C18H28O/c1-5-8-17(12-19)9-7-15-16(3,4)14-11-18(15,17)10-6-13(14)2/h5,12-15H,1,6-11H2,2-4H3/t13-,14-,15+,17+,18+/m1/s1. The van der Waals surface area contributed by atoms with Gasteiger partial charge in [-0.2, -0.15) is 0 Å². The van der Waals surface area contributed by atoms with Crippen LogP contribution in [0.25, 0.3) is 0 Å². The molecule has 5 atom stereocenters. The van der Waals surface area contributed by atoms with Crippen LogP contribution in [0.5, 0.6) is 0 Å². The molecule has 0 aromatic rings. The van der Waals surface area contributed by atoms with Gasteiger partial charge in [-0.15, -0.1) is 6.58 Å². The van der Waals surface area contributed by atoms with Gasteiger partial charge in [0, 0.05) is 5.41 Å². The smallest absolute Gasteiger partial charge is 0.127 e. The fourth-order valence-corrected chi connectivity index (χ4v) is 6.55. The molecule has 3 aliphatic carbocycles. The molecule has 0 aromatic carbocycles. The zero-order valence-electron chi connectivity index (χ0n) is 12.7. The Morgan fingerprint density at radius 2 is 2.00 bits per heavy atom. The molecular weight excluding hydrogens is 232 g/mol. The summed E-state index contributed by atoms with van der Waals surface area (Å²) < 4.78 is 0. The Bertz CT molecular complexity index is 410. The number of carbonyl (C=O) groups excluding carboxylic acids is 1. The molecule has 0 radical (unpaired) electrons. The highest BCUT2D eigenvalue weighted by Gasteiger charge is 2.70. The second kappa shape index (κ2) is 3.96. The summed E-state index contributed by atoms with van der Waals surface area (Å²) in [5.41, 5.74) is 0.622. The third-order valence-electron chi connectivity index (χ3n) is 7.44. The Morgan fingerprint density at radius 3 is 2.63 bits per heavy atom. The van der Waals surface area contributed by atoms with E-state index in [1.165, 1.54) is 32.0 Å². The van der Waals surface area contributed by atoms with Crippen LogP contribution in [0.1, 0.15) is 59.3 Å². The van der Waals surface area contributed by atoms with Gasteiger partial charge < -0.3 is 4.79 Å². The molecule has 3 rings (SSSR count). The van der Waals surface area contributed by atoms with Crippen LogP contribution in [0.3, 0.4) is 0 Å². The van der Waals surface area contributed by atoms with Crippen molar-refractivity contribution in [1.82, 2.24) is 0 Å². The first kappa shape index (κ1) is 13.4. The quantitative estimate of drug-likeness (QED) is 0.534. The first-order chi connectivity index (χ1) is 8.93. The Kier molecular flexibility index (Phi) is 2.79. The van der Waals surface area contributed by atoms with Crippen molar-refractivity contribution in [2.45, 2.75) is 59.3 Å². The number of aldehydes is 1. The van der Waals surface area contributed by atoms with Gasteiger partial charge in [0.15, 0.2) is 0 Å². The summed E-state index contributed by atoms with van der Waals surface area (Å²) in [6.07, 6.45) is 10.4. The SMILES string of the molecule is C=CC[C@@]1(C=O)CC[C@H]2C(C)(C)[C@@H]3C[C@@]21CC[C@H]3C. The molecule has 0 aromatic heterocycles. The van der Waals surface area contributed by atoms with E-state index in [1.54, 1.807) is 0 Å². The minimum atomic E-state index is -0.0917. The van der Waals surface area contributed by atoms with E-state index in [0.717, 1.165) is 30.6 Å². The summed E-state index contributed by atoms with van der Waals surface area (Å²) in [4.78, 5) is 12.0. The maximum absolute atomic E-state index is 12.0. The molecule has 0 heterocycles. The molecular formula is C18H28O. The Morgan fingerprint density at radius 1 is 1.26 bits per heavy atom. The summed E-state index contributed by atoms with van der Waals surface area (Å²) >= 11 is 0. The fourth-order valence-electron chi connectivity index (χ4n) is 6.55. The van der Waals surface area contributed by atoms with Crippen LogP contribution in [-0.2, 0) is 4.79 Å². The number of carbonyl (C=O) groups is 1. The van der Waals surface area contributed by atoms with Gasteiger partial charge in [0.25, 0.3) is 0 Å². The molecule has 106 valence electrons. The van der Waals surface area contributed by atoms with Crippen molar-refractivity contribution in [3.63, 3.8) is 0 Å². The van der Waals surface area contributed by atoms with E-state index < -0.39 is 0 Å². The van der Waals surface area contributed by atoms with E-state index in [4.69, 9.17) is 0 Å². The van der Waals surface area contributed by atoms with E-state index >= 15 is 0 Å². The molecule has 0 unspecified atom stereocenters. The zero-order valence-corrected chi connectivity index (χ0v) is 12.7. The predicted octanol–water partition coefficient (Wildman–Crippen LogP) is 4.62. The largest absolute Gasteiger partial charge is 0.303 e. The van der Waals surface area contributed by atoms with Crippen LogP contribution >= 0.6 is 0 Å². The average molecular weight is 260 g/mol. The Balaban J connectivity index is 2.09. The average Bonchev–Trinajstić information content (AvgIpc) is 2.77. The van der Waals surface area contributed by atoms with E-state index in [-0.39, 0.29) is 5.41 Å². The third-order valence-corrected chi connectivity index (χ3v) is 7.44. The summed E-state index contributed by atoms with van der Waals surface area (Å²) in [5, 5.41) is 0. The number of hydrogen-bond donors (Lipinski definition) is 0. The lowest BCUT2D eigenvalue weighted by Crippen LogP contribution is -2.42. The lowest BCUT2D eigenvalue weighted by molar-refractivity contribution is -0.124. The summed E-state index contributed by atoms with van der Waals surface area (Å²) in [6.45, 7) is 11.3. The minimum Gasteiger partial charge on any atom is -0.303 e. The van der Waals surface area contributed by atoms with Gasteiger partial charge in [-0.1, -0.05) is 26.8 Å². The van der Waals surface area contributed by atoms with Crippen molar-refractivity contribution in [2.24, 2.45) is 34.0 Å². The topological polar surface area (TPSA) is 17.1 Å². The summed E-state index contributed by atoms with van der Waals surface area (Å²) in [6, 6.07) is 0. The minimum absolute atomic E-state index is 0.0917. The van der Waals surface area contributed by atoms with Crippen molar-refractivity contribution >= 4 is 6.29 Å². The molecule has 2 bridgehead atoms. The molecule has 0 saturated heterocycles. The van der Waals surface area contributed by atoms with Crippen molar-refractivity contribution in [3.05, 3.63) is 12.7 Å². The van der Waals surface area contributed by atoms with Gasteiger partial charge in [0.05, 0.1) is 0 Å². The highest BCUT2D eigenvalue weighted by molar-refractivity contribution is 5.63. The fraction of sp³-hybridized carbons (Fsp3) is 0.833. The van der Waals surface area contributed by atoms with Crippen LogP contribution in [0.15, 0.2) is 12.7 Å². The number of rotatable bonds is 3. The summed E-state index contributed by atoms with van der Waals surface area (Å²) in [5.74, 6) is 2.40. The van der Waals surface area contributed by atoms with E-state index in [1.807, 2.05) is 6.08 Å². The first-order valence-electron chi connectivity index (χ1n) is 8.01. The van der Waals surface area contributed by atoms with Crippen LogP contribution in [0, 0.1) is 34.0 Å². The van der Waals surface area contributed by atoms with Gasteiger partial charge in [-0.05, 0) is 67.1 Å². The van der Waals surface area contributed by atoms with Crippen LogP contribution in [0.4, 0.5) is 0 Å². The monoisotopic (exact) mass is 260 g/mol. The maximum Gasteiger partial charge on any atom is 0.127 e. The predicted molar refractivity (Wildman–Crippen MR) is 78.8 cm³/mol. The molecule has 1 heteroatoms. The molecule has 3 fully saturated rings. The zero-order chi connectivity index (χ0) is 13.9. The third kappa shape index (κ3) is 1.40. The van der Waals surface area contributed by atoms with Crippen molar-refractivity contribution < 1.29 is 4.79 Å². The van der Waals surface area contributed by atoms with Crippen molar-refractivity contribution in [1.29, 1.82) is 0 Å². The van der Waals surface area contributed by atoms with E-state index in [9.17, 15) is 4.79 Å². The Hall–Kier alpha value is -0.590. The lowest BCUT2D eigenvalue weighted by Gasteiger charge is -2.46. The second-order valence-electron chi connectivity index (χ2n) is 8.16. The molecule has 3 saturated carbocycles. The van der Waals surface area contributed by atoms with Gasteiger partial charge >= 0.3 is 0 Å². The molecule has 1 nitrogen and oxygen atoms in total. The molecule has 0 amide bonds. The van der Waals surface area contributed by atoms with Gasteiger partial charge in [-0.25, -0.2) is 0 Å². The first-order valence-corrected chi connectivity index (χ1v) is 8.01. The highest BCUT2D eigenvalue weighted by Crippen LogP contribution is 2.76. The van der Waals surface area contributed by atoms with Crippen LogP contribution in [0.2, 0.25) is 0 Å². The van der Waals surface area contributed by atoms with Gasteiger partial charge in [0.1, 0.15) is 6.29 Å². The molecule has 0 aliphatic heterocycles. The number of allylic oxidation sites excluding steroid dienone is 1. The van der Waals surface area contributed by atoms with Crippen LogP contribution < -0.4 is 0 Å². The molecule has 3 aliphatic rings. The molecule has 19 heavy (non-hydrogen) atoms. The Labute approximate surface area is 117 Å². The second-order valence-corrected chi connectivity index (χ2v) is 8.16.